The lowest BCUT2D eigenvalue weighted by Crippen LogP contribution is -2.49. The van der Waals surface area contributed by atoms with Crippen LogP contribution in [0.1, 0.15) is 5.56 Å². The van der Waals surface area contributed by atoms with E-state index in [1.165, 1.54) is 0 Å². The Bertz CT molecular complexity index is 343. The Morgan fingerprint density at radius 1 is 1.41 bits per heavy atom. The molecule has 1 aromatic heterocycles. The molecule has 1 saturated heterocycles. The lowest BCUT2D eigenvalue weighted by molar-refractivity contribution is -0.131. The molecule has 5 nitrogen and oxygen atoms in total. The Kier molecular flexibility index (Phi) is 4.17. The van der Waals surface area contributed by atoms with Gasteiger partial charge in [0, 0.05) is 38.3 Å². The molecule has 0 spiro atoms. The van der Waals surface area contributed by atoms with Gasteiger partial charge < -0.3 is 19.5 Å². The van der Waals surface area contributed by atoms with E-state index >= 15 is 0 Å². The largest absolute Gasteiger partial charge is 0.472 e. The Morgan fingerprint density at radius 2 is 2.18 bits per heavy atom. The van der Waals surface area contributed by atoms with Crippen molar-refractivity contribution in [1.82, 2.24) is 15.1 Å². The van der Waals surface area contributed by atoms with Crippen molar-refractivity contribution in [3.8, 4) is 0 Å². The number of hydrogen-bond donors (Lipinski definition) is 1. The van der Waals surface area contributed by atoms with Gasteiger partial charge in [-0.15, -0.1) is 0 Å². The van der Waals surface area contributed by atoms with E-state index in [9.17, 15) is 4.79 Å². The van der Waals surface area contributed by atoms with Crippen LogP contribution in [0.15, 0.2) is 23.0 Å². The molecule has 5 heteroatoms. The predicted molar refractivity (Wildman–Crippen MR) is 64.5 cm³/mol. The van der Waals surface area contributed by atoms with Gasteiger partial charge >= 0.3 is 0 Å². The number of nitrogens with one attached hydrogen (secondary N) is 1. The summed E-state index contributed by atoms with van der Waals surface area (Å²) in [6, 6.07) is 1.90. The van der Waals surface area contributed by atoms with Crippen LogP contribution >= 0.6 is 0 Å². The second-order valence-corrected chi connectivity index (χ2v) is 4.42. The molecule has 2 rings (SSSR count). The fourth-order valence-corrected chi connectivity index (χ4v) is 1.87. The summed E-state index contributed by atoms with van der Waals surface area (Å²) < 4.78 is 4.96. The van der Waals surface area contributed by atoms with Gasteiger partial charge in [-0.3, -0.25) is 4.79 Å². The minimum absolute atomic E-state index is 0.182. The maximum atomic E-state index is 11.9. The van der Waals surface area contributed by atoms with E-state index < -0.39 is 0 Å². The molecule has 0 atom stereocenters. The highest BCUT2D eigenvalue weighted by Crippen LogP contribution is 2.00. The number of carbonyl (C=O) groups excluding carboxylic acids is 1. The Hall–Kier alpha value is -1.33. The number of nitrogens with zero attached hydrogens (tertiary/aromatic N) is 2. The van der Waals surface area contributed by atoms with Crippen molar-refractivity contribution in [2.24, 2.45) is 0 Å². The SMILES string of the molecule is CN1CCN(C(=O)CNCc2ccoc2)CC1. The zero-order chi connectivity index (χ0) is 12.1. The summed E-state index contributed by atoms with van der Waals surface area (Å²) in [7, 11) is 2.08. The topological polar surface area (TPSA) is 48.7 Å². The molecule has 1 aliphatic heterocycles. The zero-order valence-electron chi connectivity index (χ0n) is 10.2. The third-order valence-electron chi connectivity index (χ3n) is 3.04. The van der Waals surface area contributed by atoms with E-state index in [-0.39, 0.29) is 5.91 Å². The van der Waals surface area contributed by atoms with E-state index in [0.717, 1.165) is 31.7 Å². The van der Waals surface area contributed by atoms with Crippen LogP contribution in [0.25, 0.3) is 0 Å². The summed E-state index contributed by atoms with van der Waals surface area (Å²) in [5.41, 5.74) is 1.07. The molecule has 0 aliphatic carbocycles. The van der Waals surface area contributed by atoms with Gasteiger partial charge in [-0.2, -0.15) is 0 Å². The minimum Gasteiger partial charge on any atom is -0.472 e. The van der Waals surface area contributed by atoms with Crippen LogP contribution in [0.2, 0.25) is 0 Å². The first-order valence-electron chi connectivity index (χ1n) is 5.94. The van der Waals surface area contributed by atoms with Gasteiger partial charge in [0.25, 0.3) is 0 Å². The number of carbonyl (C=O) groups is 1. The van der Waals surface area contributed by atoms with Crippen molar-refractivity contribution >= 4 is 5.91 Å². The first kappa shape index (κ1) is 12.1. The van der Waals surface area contributed by atoms with Gasteiger partial charge in [0.1, 0.15) is 0 Å². The Labute approximate surface area is 101 Å². The lowest BCUT2D eigenvalue weighted by Gasteiger charge is -2.32. The van der Waals surface area contributed by atoms with Crippen LogP contribution < -0.4 is 5.32 Å². The average Bonchev–Trinajstić information content (AvgIpc) is 2.83. The molecule has 94 valence electrons. The van der Waals surface area contributed by atoms with Crippen molar-refractivity contribution in [2.45, 2.75) is 6.54 Å². The van der Waals surface area contributed by atoms with Gasteiger partial charge in [-0.1, -0.05) is 0 Å². The van der Waals surface area contributed by atoms with Crippen LogP contribution in [-0.4, -0.2) is 55.5 Å². The summed E-state index contributed by atoms with van der Waals surface area (Å²) >= 11 is 0. The summed E-state index contributed by atoms with van der Waals surface area (Å²) in [4.78, 5) is 16.0. The molecule has 1 amide bonds. The molecule has 2 heterocycles. The Balaban J connectivity index is 1.67. The van der Waals surface area contributed by atoms with Crippen molar-refractivity contribution in [1.29, 1.82) is 0 Å². The van der Waals surface area contributed by atoms with Crippen LogP contribution in [0.4, 0.5) is 0 Å². The number of amides is 1. The van der Waals surface area contributed by atoms with Crippen molar-refractivity contribution in [3.63, 3.8) is 0 Å². The van der Waals surface area contributed by atoms with Crippen molar-refractivity contribution < 1.29 is 9.21 Å². The molecule has 1 N–H and O–H groups in total. The van der Waals surface area contributed by atoms with E-state index in [1.807, 2.05) is 11.0 Å². The lowest BCUT2D eigenvalue weighted by atomic mass is 10.3. The maximum absolute atomic E-state index is 11.9. The second kappa shape index (κ2) is 5.84. The van der Waals surface area contributed by atoms with Gasteiger partial charge in [-0.05, 0) is 13.1 Å². The van der Waals surface area contributed by atoms with Crippen LogP contribution in [0.3, 0.4) is 0 Å². The van der Waals surface area contributed by atoms with Crippen molar-refractivity contribution in [3.05, 3.63) is 24.2 Å². The van der Waals surface area contributed by atoms with Crippen LogP contribution in [0, 0.1) is 0 Å². The van der Waals surface area contributed by atoms with E-state index in [4.69, 9.17) is 4.42 Å². The van der Waals surface area contributed by atoms with E-state index in [1.54, 1.807) is 12.5 Å². The molecule has 0 saturated carbocycles. The molecule has 0 bridgehead atoms. The fourth-order valence-electron chi connectivity index (χ4n) is 1.87. The van der Waals surface area contributed by atoms with Crippen LogP contribution in [0.5, 0.6) is 0 Å². The summed E-state index contributed by atoms with van der Waals surface area (Å²) in [5.74, 6) is 0.182. The first-order chi connectivity index (χ1) is 8.25. The molecule has 1 aromatic rings. The Morgan fingerprint density at radius 3 is 2.82 bits per heavy atom. The van der Waals surface area contributed by atoms with Crippen molar-refractivity contribution in [2.75, 3.05) is 39.8 Å². The third kappa shape index (κ3) is 3.57. The summed E-state index contributed by atoms with van der Waals surface area (Å²) in [5, 5.41) is 3.13. The monoisotopic (exact) mass is 237 g/mol. The number of likely N-dealkylation sites (N-methyl/N-ethyl adjacent to an activating group) is 1. The zero-order valence-corrected chi connectivity index (χ0v) is 10.2. The summed E-state index contributed by atoms with van der Waals surface area (Å²) in [6.45, 7) is 4.68. The van der Waals surface area contributed by atoms with Gasteiger partial charge in [-0.25, -0.2) is 0 Å². The highest BCUT2D eigenvalue weighted by Gasteiger charge is 2.18. The second-order valence-electron chi connectivity index (χ2n) is 4.42. The smallest absolute Gasteiger partial charge is 0.236 e. The third-order valence-corrected chi connectivity index (χ3v) is 3.04. The number of piperazine rings is 1. The quantitative estimate of drug-likeness (QED) is 0.809. The molecule has 0 unspecified atom stereocenters. The molecule has 0 radical (unpaired) electrons. The molecule has 17 heavy (non-hydrogen) atoms. The molecule has 1 aliphatic rings. The highest BCUT2D eigenvalue weighted by molar-refractivity contribution is 5.78. The van der Waals surface area contributed by atoms with Gasteiger partial charge in [0.2, 0.25) is 5.91 Å². The number of furan rings is 1. The number of rotatable bonds is 4. The summed E-state index contributed by atoms with van der Waals surface area (Å²) in [6.07, 6.45) is 3.33. The fraction of sp³-hybridized carbons (Fsp3) is 0.583. The number of hydrogen-bond acceptors (Lipinski definition) is 4. The molecular formula is C12H19N3O2. The standard InChI is InChI=1S/C12H19N3O2/c1-14-3-5-15(6-4-14)12(16)9-13-8-11-2-7-17-10-11/h2,7,10,13H,3-6,8-9H2,1H3. The predicted octanol–water partition coefficient (Wildman–Crippen LogP) is 0.143. The van der Waals surface area contributed by atoms with E-state index in [0.29, 0.717) is 13.1 Å². The van der Waals surface area contributed by atoms with Crippen LogP contribution in [-0.2, 0) is 11.3 Å². The molecular weight excluding hydrogens is 218 g/mol. The maximum Gasteiger partial charge on any atom is 0.236 e. The van der Waals surface area contributed by atoms with E-state index in [2.05, 4.69) is 17.3 Å². The van der Waals surface area contributed by atoms with Gasteiger partial charge in [0.05, 0.1) is 19.1 Å². The first-order valence-corrected chi connectivity index (χ1v) is 5.94. The normalized spacial score (nSPS) is 17.4. The molecule has 0 aromatic carbocycles. The highest BCUT2D eigenvalue weighted by atomic mass is 16.3. The average molecular weight is 237 g/mol. The molecule has 1 fully saturated rings. The van der Waals surface area contributed by atoms with Gasteiger partial charge in [0.15, 0.2) is 0 Å². The minimum atomic E-state index is 0.182.